The van der Waals surface area contributed by atoms with E-state index in [9.17, 15) is 87.9 Å². The number of primary amides is 2. The number of hydrogen-bond donors (Lipinski definition) is 14. The Labute approximate surface area is 532 Å². The molecule has 0 aromatic heterocycles. The van der Waals surface area contributed by atoms with E-state index < -0.39 is 97.8 Å². The lowest BCUT2D eigenvalue weighted by Gasteiger charge is -2.32. The third-order valence-corrected chi connectivity index (χ3v) is 13.4. The average molecular weight is 1310 g/mol. The summed E-state index contributed by atoms with van der Waals surface area (Å²) in [7, 11) is 1.60. The maximum absolute atomic E-state index is 13.3. The van der Waals surface area contributed by atoms with E-state index in [0.29, 0.717) is 51.5 Å². The molecule has 91 heavy (non-hydrogen) atoms. The molecule has 0 bridgehead atoms. The van der Waals surface area contributed by atoms with Gasteiger partial charge in [-0.15, -0.1) is 0 Å². The van der Waals surface area contributed by atoms with E-state index in [1.807, 2.05) is 20.8 Å². The molecule has 34 heteroatoms. The van der Waals surface area contributed by atoms with E-state index in [4.69, 9.17) is 30.4 Å². The lowest BCUT2D eigenvalue weighted by atomic mass is 9.99. The van der Waals surface area contributed by atoms with Gasteiger partial charge in [0.15, 0.2) is 0 Å². The molecule has 0 saturated heterocycles. The summed E-state index contributed by atoms with van der Waals surface area (Å²) in [5.74, 6) is -10.3. The fourth-order valence-electron chi connectivity index (χ4n) is 8.63. The van der Waals surface area contributed by atoms with Crippen molar-refractivity contribution in [3.63, 3.8) is 0 Å². The van der Waals surface area contributed by atoms with Crippen LogP contribution < -0.4 is 48.7 Å². The van der Waals surface area contributed by atoms with Gasteiger partial charge in [-0.2, -0.15) is 0 Å². The molecule has 0 radical (unpaired) electrons. The van der Waals surface area contributed by atoms with Crippen molar-refractivity contribution < 1.29 is 107 Å². The molecule has 34 nitrogen and oxygen atoms in total. The zero-order chi connectivity index (χ0) is 68.8. The summed E-state index contributed by atoms with van der Waals surface area (Å²) in [5, 5.41) is 66.4. The minimum Gasteiger partial charge on any atom is -0.480 e. The number of amides is 8. The standard InChI is InChI=1S/C55H98N12O22.C2H6/c1-3-39(52(56)81)11-4-7-19-60-46(71)37-88-31-30-87-28-22-62-47(72)38-89-32-29-86-27-21-61-43(68)14-10-15-45(70)64-41(54(83)63-20-9-5-12-40(58-2)53(57)82)13-6-8-18-59-44(69)17-16-42(55(84)85)67(25-23-65(33-48(73)74)34-49(75)76)26-24-66(35-50(77)78)36-51(79)80;1-2/h39-42,58H,3-38H2,1-2H3,(H2,56,81)(H2,57,82)(H,59,69)(H,60,71)(H,61,68)(H,62,72)(H,63,83)(H,64,70)(H,73,74)(H,75,76)(H,77,78)(H,79,80)(H,84,85);1-2H3/t39-,40-,41-,42-;/m0./s1. The van der Waals surface area contributed by atoms with Gasteiger partial charge < -0.3 is 93.2 Å². The van der Waals surface area contributed by atoms with Gasteiger partial charge in [0.25, 0.3) is 0 Å². The largest absolute Gasteiger partial charge is 0.480 e. The van der Waals surface area contributed by atoms with Crippen molar-refractivity contribution in [2.24, 2.45) is 17.4 Å². The van der Waals surface area contributed by atoms with Crippen LogP contribution in [0.25, 0.3) is 0 Å². The van der Waals surface area contributed by atoms with Crippen LogP contribution in [-0.2, 0) is 81.3 Å². The van der Waals surface area contributed by atoms with Crippen molar-refractivity contribution in [3.05, 3.63) is 0 Å². The number of carbonyl (C=O) groups is 13. The predicted molar refractivity (Wildman–Crippen MR) is 328 cm³/mol. The van der Waals surface area contributed by atoms with Gasteiger partial charge in [0.05, 0.1) is 71.9 Å². The summed E-state index contributed by atoms with van der Waals surface area (Å²) in [5.41, 5.74) is 10.7. The molecule has 0 heterocycles. The molecule has 0 aliphatic carbocycles. The second-order valence-corrected chi connectivity index (χ2v) is 20.7. The lowest BCUT2D eigenvalue weighted by molar-refractivity contribution is -0.146. The highest BCUT2D eigenvalue weighted by atomic mass is 16.5. The van der Waals surface area contributed by atoms with E-state index in [1.54, 1.807) is 7.05 Å². The second kappa shape index (κ2) is 55.6. The van der Waals surface area contributed by atoms with Gasteiger partial charge in [-0.05, 0) is 77.7 Å². The number of nitrogens with one attached hydrogen (secondary N) is 7. The summed E-state index contributed by atoms with van der Waals surface area (Å²) in [4.78, 5) is 160. The van der Waals surface area contributed by atoms with Crippen molar-refractivity contribution in [3.8, 4) is 0 Å². The van der Waals surface area contributed by atoms with E-state index in [1.165, 1.54) is 4.90 Å². The first kappa shape index (κ1) is 85.9. The number of carboxylic acids is 5. The van der Waals surface area contributed by atoms with Gasteiger partial charge in [0.1, 0.15) is 25.3 Å². The predicted octanol–water partition coefficient (Wildman–Crippen LogP) is -3.11. The fraction of sp³-hybridized carbons (Fsp3) is 0.772. The molecule has 8 amide bonds. The van der Waals surface area contributed by atoms with Crippen LogP contribution in [0, 0.1) is 5.92 Å². The van der Waals surface area contributed by atoms with Crippen LogP contribution in [0.1, 0.15) is 117 Å². The van der Waals surface area contributed by atoms with Gasteiger partial charge in [-0.3, -0.25) is 77.0 Å². The Morgan fingerprint density at radius 2 is 0.835 bits per heavy atom. The van der Waals surface area contributed by atoms with Crippen molar-refractivity contribution in [1.82, 2.24) is 51.9 Å². The molecule has 524 valence electrons. The van der Waals surface area contributed by atoms with Gasteiger partial charge in [0, 0.05) is 84.1 Å². The lowest BCUT2D eigenvalue weighted by Crippen LogP contribution is -2.50. The number of likely N-dealkylation sites (N-methyl/N-ethyl adjacent to an activating group) is 1. The van der Waals surface area contributed by atoms with E-state index in [0.717, 1.165) is 22.6 Å². The molecule has 16 N–H and O–H groups in total. The summed E-state index contributed by atoms with van der Waals surface area (Å²) in [6.45, 7) is 3.90. The van der Waals surface area contributed by atoms with Crippen LogP contribution in [0.15, 0.2) is 0 Å². The summed E-state index contributed by atoms with van der Waals surface area (Å²) >= 11 is 0. The molecule has 0 rings (SSSR count). The monoisotopic (exact) mass is 1310 g/mol. The van der Waals surface area contributed by atoms with E-state index in [2.05, 4.69) is 37.2 Å². The van der Waals surface area contributed by atoms with Crippen molar-refractivity contribution in [2.45, 2.75) is 135 Å². The van der Waals surface area contributed by atoms with Crippen LogP contribution in [0.3, 0.4) is 0 Å². The molecular weight excluding hydrogens is 1200 g/mol. The maximum atomic E-state index is 13.3. The molecular formula is C57H104N12O22. The SMILES string of the molecule is CC.CC[C@@H](CCCCNC(=O)COCCOCCNC(=O)COCCOCCNC(=O)CCCC(=O)N[C@@H](CCCCNC(=O)CC[C@@H](C(=O)O)N(CCN(CC(=O)O)CC(=O)O)CCN(CC(=O)O)CC(=O)O)C(=O)NCCCC[C@H](NC)C(N)=O)C(N)=O. The van der Waals surface area contributed by atoms with Crippen LogP contribution in [0.4, 0.5) is 0 Å². The van der Waals surface area contributed by atoms with E-state index >= 15 is 0 Å². The normalized spacial score (nSPS) is 12.3. The first-order valence-electron chi connectivity index (χ1n) is 30.9. The van der Waals surface area contributed by atoms with Crippen LogP contribution in [-0.4, -0.2) is 280 Å². The van der Waals surface area contributed by atoms with Gasteiger partial charge >= 0.3 is 29.8 Å². The topological polar surface area (TPSA) is 506 Å². The van der Waals surface area contributed by atoms with Crippen LogP contribution in [0.2, 0.25) is 0 Å². The highest BCUT2D eigenvalue weighted by molar-refractivity contribution is 5.88. The Kier molecular flexibility index (Phi) is 52.5. The highest BCUT2D eigenvalue weighted by Gasteiger charge is 2.29. The summed E-state index contributed by atoms with van der Waals surface area (Å²) in [6, 6.07) is -2.98. The number of nitrogens with two attached hydrogens (primary N) is 2. The van der Waals surface area contributed by atoms with E-state index in [-0.39, 0.29) is 173 Å². The number of ether oxygens (including phenoxy) is 4. The Morgan fingerprint density at radius 1 is 0.429 bits per heavy atom. The molecule has 0 aromatic carbocycles. The number of rotatable bonds is 60. The maximum Gasteiger partial charge on any atom is 0.320 e. The molecule has 0 unspecified atom stereocenters. The van der Waals surface area contributed by atoms with Gasteiger partial charge in [-0.25, -0.2) is 0 Å². The first-order chi connectivity index (χ1) is 43.4. The Bertz CT molecular complexity index is 2090. The fourth-order valence-corrected chi connectivity index (χ4v) is 8.63. The zero-order valence-electron chi connectivity index (χ0n) is 53.4. The number of nitrogens with zero attached hydrogens (tertiary/aromatic N) is 3. The summed E-state index contributed by atoms with van der Waals surface area (Å²) < 4.78 is 21.4. The Morgan fingerprint density at radius 3 is 1.27 bits per heavy atom. The van der Waals surface area contributed by atoms with Crippen molar-refractivity contribution >= 4 is 77.1 Å². The number of unbranched alkanes of at least 4 members (excludes halogenated alkanes) is 3. The molecule has 0 saturated carbocycles. The Hall–Kier alpha value is -7.21. The second-order valence-electron chi connectivity index (χ2n) is 20.7. The number of aliphatic carboxylic acids is 5. The molecule has 0 spiro atoms. The zero-order valence-corrected chi connectivity index (χ0v) is 53.4. The first-order valence-corrected chi connectivity index (χ1v) is 30.9. The minimum absolute atomic E-state index is 0.0105. The highest BCUT2D eigenvalue weighted by Crippen LogP contribution is 2.13. The quantitative estimate of drug-likeness (QED) is 0.0268. The Balaban J connectivity index is 0. The molecule has 0 aromatic rings. The number of carboxylic acid groups (broad SMARTS) is 5. The number of carbonyl (C=O) groups excluding carboxylic acids is 8. The van der Waals surface area contributed by atoms with Crippen molar-refractivity contribution in [2.75, 3.05) is 145 Å². The molecule has 4 atom stereocenters. The molecule has 0 fully saturated rings. The number of hydrogen-bond acceptors (Lipinski definition) is 21. The van der Waals surface area contributed by atoms with Crippen LogP contribution >= 0.6 is 0 Å². The van der Waals surface area contributed by atoms with Crippen molar-refractivity contribution in [1.29, 1.82) is 0 Å². The van der Waals surface area contributed by atoms with Gasteiger partial charge in [0.2, 0.25) is 47.3 Å². The molecule has 0 aliphatic heterocycles. The third kappa shape index (κ3) is 50.2. The molecule has 0 aliphatic rings. The smallest absolute Gasteiger partial charge is 0.320 e. The van der Waals surface area contributed by atoms with Gasteiger partial charge in [-0.1, -0.05) is 27.2 Å². The third-order valence-electron chi connectivity index (χ3n) is 13.4. The minimum atomic E-state index is -1.43. The van der Waals surface area contributed by atoms with Crippen LogP contribution in [0.5, 0.6) is 0 Å². The average Bonchev–Trinajstić information content (AvgIpc) is 2.36. The summed E-state index contributed by atoms with van der Waals surface area (Å²) in [6.07, 6.45) is 4.49.